The number of nitrogens with one attached hydrogen (secondary N) is 1. The largest absolute Gasteiger partial charge is 0.454 e. The lowest BCUT2D eigenvalue weighted by molar-refractivity contribution is 0.0951. The lowest BCUT2D eigenvalue weighted by Gasteiger charge is -2.07. The van der Waals surface area contributed by atoms with Crippen LogP contribution in [0.15, 0.2) is 71.6 Å². The van der Waals surface area contributed by atoms with E-state index in [1.807, 2.05) is 42.5 Å². The maximum absolute atomic E-state index is 12.4. The van der Waals surface area contributed by atoms with Crippen molar-refractivity contribution < 1.29 is 14.3 Å². The normalized spacial score (nSPS) is 12.0. The molecular formula is C23H21NO3S. The first-order chi connectivity index (χ1) is 13.7. The Morgan fingerprint density at radius 2 is 1.64 bits per heavy atom. The molecule has 0 spiro atoms. The molecule has 3 aromatic rings. The average molecular weight is 391 g/mol. The summed E-state index contributed by atoms with van der Waals surface area (Å²) in [5.41, 5.74) is 4.09. The Hall–Kier alpha value is -2.92. The summed E-state index contributed by atoms with van der Waals surface area (Å²) in [6.07, 6.45) is 0. The van der Waals surface area contributed by atoms with Gasteiger partial charge >= 0.3 is 0 Å². The molecule has 0 saturated carbocycles. The van der Waals surface area contributed by atoms with Crippen molar-refractivity contribution in [1.29, 1.82) is 0 Å². The highest BCUT2D eigenvalue weighted by Crippen LogP contribution is 2.32. The van der Waals surface area contributed by atoms with Gasteiger partial charge < -0.3 is 14.8 Å². The average Bonchev–Trinajstić information content (AvgIpc) is 3.20. The van der Waals surface area contributed by atoms with Crippen molar-refractivity contribution in [3.8, 4) is 11.5 Å². The van der Waals surface area contributed by atoms with Crippen LogP contribution < -0.4 is 14.8 Å². The van der Waals surface area contributed by atoms with E-state index in [1.54, 1.807) is 11.8 Å². The van der Waals surface area contributed by atoms with Gasteiger partial charge in [-0.2, -0.15) is 0 Å². The second-order valence-corrected chi connectivity index (χ2v) is 7.72. The Morgan fingerprint density at radius 1 is 0.929 bits per heavy atom. The number of hydrogen-bond donors (Lipinski definition) is 1. The molecule has 1 aliphatic rings. The third kappa shape index (κ3) is 4.49. The number of thioether (sulfide) groups is 1. The molecule has 0 atom stereocenters. The van der Waals surface area contributed by atoms with Gasteiger partial charge in [0.1, 0.15) is 0 Å². The molecule has 4 rings (SSSR count). The van der Waals surface area contributed by atoms with Gasteiger partial charge in [-0.15, -0.1) is 11.8 Å². The van der Waals surface area contributed by atoms with Gasteiger partial charge in [0.25, 0.3) is 5.91 Å². The Morgan fingerprint density at radius 3 is 2.43 bits per heavy atom. The Kier molecular flexibility index (Phi) is 5.53. The summed E-state index contributed by atoms with van der Waals surface area (Å²) in [4.78, 5) is 13.6. The van der Waals surface area contributed by atoms with Crippen LogP contribution in [0.4, 0.5) is 0 Å². The van der Waals surface area contributed by atoms with Gasteiger partial charge in [0.2, 0.25) is 6.79 Å². The molecule has 0 saturated heterocycles. The summed E-state index contributed by atoms with van der Waals surface area (Å²) in [6, 6.07) is 22.0. The second-order valence-electron chi connectivity index (χ2n) is 6.67. The van der Waals surface area contributed by atoms with Crippen LogP contribution >= 0.6 is 11.8 Å². The number of fused-ring (bicyclic) bond motifs is 1. The van der Waals surface area contributed by atoms with Gasteiger partial charge in [0, 0.05) is 22.8 Å². The fourth-order valence-electron chi connectivity index (χ4n) is 2.89. The van der Waals surface area contributed by atoms with Crippen LogP contribution in [0.1, 0.15) is 27.0 Å². The smallest absolute Gasteiger partial charge is 0.251 e. The van der Waals surface area contributed by atoms with Crippen molar-refractivity contribution in [2.45, 2.75) is 24.1 Å². The summed E-state index contributed by atoms with van der Waals surface area (Å²) in [7, 11) is 0. The van der Waals surface area contributed by atoms with Gasteiger partial charge in [-0.05, 0) is 54.4 Å². The molecule has 28 heavy (non-hydrogen) atoms. The van der Waals surface area contributed by atoms with Crippen molar-refractivity contribution in [2.24, 2.45) is 0 Å². The third-order valence-corrected chi connectivity index (χ3v) is 5.62. The topological polar surface area (TPSA) is 47.6 Å². The number of carbonyl (C=O) groups excluding carboxylic acids is 1. The number of rotatable bonds is 6. The monoisotopic (exact) mass is 391 g/mol. The van der Waals surface area contributed by atoms with Crippen LogP contribution in [-0.4, -0.2) is 12.7 Å². The van der Waals surface area contributed by atoms with Crippen molar-refractivity contribution >= 4 is 17.7 Å². The van der Waals surface area contributed by atoms with E-state index in [-0.39, 0.29) is 12.7 Å². The Bertz CT molecular complexity index is 968. The van der Waals surface area contributed by atoms with Crippen LogP contribution in [0.25, 0.3) is 0 Å². The predicted molar refractivity (Wildman–Crippen MR) is 111 cm³/mol. The van der Waals surface area contributed by atoms with E-state index in [0.717, 1.165) is 22.8 Å². The number of amides is 1. The van der Waals surface area contributed by atoms with E-state index < -0.39 is 0 Å². The third-order valence-electron chi connectivity index (χ3n) is 4.53. The molecule has 4 nitrogen and oxygen atoms in total. The molecule has 0 fully saturated rings. The van der Waals surface area contributed by atoms with Crippen LogP contribution in [0.2, 0.25) is 0 Å². The van der Waals surface area contributed by atoms with E-state index in [1.165, 1.54) is 16.0 Å². The minimum absolute atomic E-state index is 0.0876. The van der Waals surface area contributed by atoms with Gasteiger partial charge in [-0.25, -0.2) is 0 Å². The summed E-state index contributed by atoms with van der Waals surface area (Å²) in [6.45, 7) is 2.78. The van der Waals surface area contributed by atoms with Gasteiger partial charge in [-0.3, -0.25) is 4.79 Å². The van der Waals surface area contributed by atoms with E-state index in [2.05, 4.69) is 36.5 Å². The standard InChI is InChI=1S/C23H21NO3S/c1-16-2-9-20(10-3-16)28-14-17-4-7-19(8-5-17)23(25)24-13-18-6-11-21-22(12-18)27-15-26-21/h2-12H,13-15H2,1H3,(H,24,25). The minimum atomic E-state index is -0.0876. The second kappa shape index (κ2) is 8.40. The molecule has 0 unspecified atom stereocenters. The van der Waals surface area contributed by atoms with Gasteiger partial charge in [0.15, 0.2) is 11.5 Å². The Labute approximate surface area is 168 Å². The Balaban J connectivity index is 1.30. The maximum atomic E-state index is 12.4. The van der Waals surface area contributed by atoms with E-state index in [4.69, 9.17) is 9.47 Å². The molecule has 1 aliphatic heterocycles. The number of carbonyl (C=O) groups is 1. The van der Waals surface area contributed by atoms with E-state index in [0.29, 0.717) is 12.1 Å². The minimum Gasteiger partial charge on any atom is -0.454 e. The highest BCUT2D eigenvalue weighted by molar-refractivity contribution is 7.98. The van der Waals surface area contributed by atoms with Crippen molar-refractivity contribution in [1.82, 2.24) is 5.32 Å². The molecule has 1 heterocycles. The first-order valence-corrected chi connectivity index (χ1v) is 10.1. The van der Waals surface area contributed by atoms with Crippen LogP contribution in [0.3, 0.4) is 0 Å². The number of benzene rings is 3. The SMILES string of the molecule is Cc1ccc(SCc2ccc(C(=O)NCc3ccc4c(c3)OCO4)cc2)cc1. The summed E-state index contributed by atoms with van der Waals surface area (Å²) in [5.74, 6) is 2.26. The summed E-state index contributed by atoms with van der Waals surface area (Å²) in [5, 5.41) is 2.95. The van der Waals surface area contributed by atoms with Crippen LogP contribution in [0.5, 0.6) is 11.5 Å². The molecule has 1 amide bonds. The fourth-order valence-corrected chi connectivity index (χ4v) is 3.74. The molecule has 142 valence electrons. The zero-order valence-corrected chi connectivity index (χ0v) is 16.4. The molecule has 0 bridgehead atoms. The van der Waals surface area contributed by atoms with Gasteiger partial charge in [-0.1, -0.05) is 35.9 Å². The quantitative estimate of drug-likeness (QED) is 0.604. The summed E-state index contributed by atoms with van der Waals surface area (Å²) < 4.78 is 10.7. The fraction of sp³-hybridized carbons (Fsp3) is 0.174. The molecule has 3 aromatic carbocycles. The lowest BCUT2D eigenvalue weighted by Crippen LogP contribution is -2.22. The van der Waals surface area contributed by atoms with Crippen LogP contribution in [-0.2, 0) is 12.3 Å². The highest BCUT2D eigenvalue weighted by atomic mass is 32.2. The van der Waals surface area contributed by atoms with Crippen molar-refractivity contribution in [3.05, 3.63) is 89.0 Å². The predicted octanol–water partition coefficient (Wildman–Crippen LogP) is 4.95. The first kappa shape index (κ1) is 18.4. The van der Waals surface area contributed by atoms with Crippen LogP contribution in [0, 0.1) is 6.92 Å². The number of aryl methyl sites for hydroxylation is 1. The zero-order valence-electron chi connectivity index (χ0n) is 15.6. The molecule has 0 aliphatic carbocycles. The molecule has 0 radical (unpaired) electrons. The maximum Gasteiger partial charge on any atom is 0.251 e. The molecular weight excluding hydrogens is 370 g/mol. The highest BCUT2D eigenvalue weighted by Gasteiger charge is 2.13. The zero-order chi connectivity index (χ0) is 19.3. The van der Waals surface area contributed by atoms with Crippen molar-refractivity contribution in [2.75, 3.05) is 6.79 Å². The van der Waals surface area contributed by atoms with E-state index in [9.17, 15) is 4.79 Å². The van der Waals surface area contributed by atoms with Crippen molar-refractivity contribution in [3.63, 3.8) is 0 Å². The van der Waals surface area contributed by atoms with Gasteiger partial charge in [0.05, 0.1) is 0 Å². The molecule has 5 heteroatoms. The molecule has 0 aromatic heterocycles. The summed E-state index contributed by atoms with van der Waals surface area (Å²) >= 11 is 1.79. The first-order valence-electron chi connectivity index (χ1n) is 9.12. The molecule has 1 N–H and O–H groups in total. The van der Waals surface area contributed by atoms with E-state index >= 15 is 0 Å². The lowest BCUT2D eigenvalue weighted by atomic mass is 10.1. The number of hydrogen-bond acceptors (Lipinski definition) is 4. The number of ether oxygens (including phenoxy) is 2.